The third-order valence-electron chi connectivity index (χ3n) is 5.75. The number of rotatable bonds is 5. The zero-order valence-corrected chi connectivity index (χ0v) is 13.8. The summed E-state index contributed by atoms with van der Waals surface area (Å²) >= 11 is 0. The molecule has 3 aliphatic rings. The van der Waals surface area contributed by atoms with Crippen LogP contribution in [-0.4, -0.2) is 54.5 Å². The Hall–Kier alpha value is -1.39. The van der Waals surface area contributed by atoms with Crippen molar-refractivity contribution in [1.29, 1.82) is 0 Å². The summed E-state index contributed by atoms with van der Waals surface area (Å²) in [5.41, 5.74) is 1.16. The van der Waals surface area contributed by atoms with E-state index in [9.17, 15) is 4.79 Å². The fourth-order valence-corrected chi connectivity index (χ4v) is 4.01. The van der Waals surface area contributed by atoms with E-state index in [0.717, 1.165) is 45.1 Å². The first-order valence-electron chi connectivity index (χ1n) is 9.08. The van der Waals surface area contributed by atoms with Gasteiger partial charge in [0.05, 0.1) is 12.1 Å². The minimum atomic E-state index is -0.103. The molecule has 1 aliphatic heterocycles. The summed E-state index contributed by atoms with van der Waals surface area (Å²) in [6.45, 7) is 4.86. The van der Waals surface area contributed by atoms with Crippen LogP contribution in [0.1, 0.15) is 37.7 Å². The molecule has 0 spiro atoms. The van der Waals surface area contributed by atoms with E-state index in [1.807, 2.05) is 6.07 Å². The minimum absolute atomic E-state index is 0.103. The zero-order valence-electron chi connectivity index (χ0n) is 13.8. The first kappa shape index (κ1) is 15.2. The molecule has 0 aromatic heterocycles. The molecule has 23 heavy (non-hydrogen) atoms. The molecule has 1 aromatic carbocycles. The molecule has 2 aliphatic carbocycles. The van der Waals surface area contributed by atoms with Crippen LogP contribution in [0.15, 0.2) is 30.3 Å². The smallest absolute Gasteiger partial charge is 0.234 e. The van der Waals surface area contributed by atoms with Crippen molar-refractivity contribution in [1.82, 2.24) is 15.1 Å². The lowest BCUT2D eigenvalue weighted by Gasteiger charge is -2.44. The van der Waals surface area contributed by atoms with Crippen LogP contribution < -0.4 is 5.32 Å². The molecule has 1 aromatic rings. The van der Waals surface area contributed by atoms with Gasteiger partial charge in [0.2, 0.25) is 5.91 Å². The molecule has 0 radical (unpaired) electrons. The van der Waals surface area contributed by atoms with Gasteiger partial charge in [0.25, 0.3) is 0 Å². The van der Waals surface area contributed by atoms with Crippen molar-refractivity contribution in [3.05, 3.63) is 35.9 Å². The molecule has 1 N–H and O–H groups in total. The Morgan fingerprint density at radius 3 is 2.35 bits per heavy atom. The molecule has 1 saturated heterocycles. The number of hydrogen-bond acceptors (Lipinski definition) is 3. The first-order chi connectivity index (χ1) is 11.3. The Morgan fingerprint density at radius 2 is 1.78 bits per heavy atom. The van der Waals surface area contributed by atoms with Gasteiger partial charge in [0, 0.05) is 32.2 Å². The Kier molecular flexibility index (Phi) is 4.12. The number of nitrogens with one attached hydrogen (secondary N) is 1. The third kappa shape index (κ3) is 3.29. The van der Waals surface area contributed by atoms with Gasteiger partial charge < -0.3 is 5.32 Å². The summed E-state index contributed by atoms with van der Waals surface area (Å²) in [6, 6.07) is 11.3. The maximum absolute atomic E-state index is 12.6. The van der Waals surface area contributed by atoms with Crippen molar-refractivity contribution in [2.75, 3.05) is 32.7 Å². The van der Waals surface area contributed by atoms with Gasteiger partial charge >= 0.3 is 0 Å². The Morgan fingerprint density at radius 1 is 1.09 bits per heavy atom. The standard InChI is InChI=1S/C19H27N3O/c23-18(15-21-11-13-22(14-12-21)17-7-8-17)20-19(9-4-10-19)16-5-2-1-3-6-16/h1-3,5-6,17H,4,7-15H2,(H,20,23). The second-order valence-corrected chi connectivity index (χ2v) is 7.39. The Labute approximate surface area is 138 Å². The number of piperazine rings is 1. The highest BCUT2D eigenvalue weighted by Gasteiger charge is 2.40. The van der Waals surface area contributed by atoms with E-state index in [-0.39, 0.29) is 11.4 Å². The van der Waals surface area contributed by atoms with E-state index in [2.05, 4.69) is 39.4 Å². The molecule has 0 atom stereocenters. The van der Waals surface area contributed by atoms with Gasteiger partial charge in [-0.15, -0.1) is 0 Å². The predicted molar refractivity (Wildman–Crippen MR) is 91.1 cm³/mol. The lowest BCUT2D eigenvalue weighted by molar-refractivity contribution is -0.126. The van der Waals surface area contributed by atoms with Crippen LogP contribution in [-0.2, 0) is 10.3 Å². The highest BCUT2D eigenvalue weighted by Crippen LogP contribution is 2.41. The van der Waals surface area contributed by atoms with Gasteiger partial charge in [-0.1, -0.05) is 30.3 Å². The lowest BCUT2D eigenvalue weighted by Crippen LogP contribution is -2.55. The number of carbonyl (C=O) groups excluding carboxylic acids is 1. The van der Waals surface area contributed by atoms with E-state index in [1.165, 1.54) is 24.8 Å². The van der Waals surface area contributed by atoms with E-state index in [1.54, 1.807) is 0 Å². The number of nitrogens with zero attached hydrogens (tertiary/aromatic N) is 2. The summed E-state index contributed by atoms with van der Waals surface area (Å²) in [5, 5.41) is 3.35. The van der Waals surface area contributed by atoms with Crippen LogP contribution in [0.3, 0.4) is 0 Å². The summed E-state index contributed by atoms with van der Waals surface area (Å²) in [4.78, 5) is 17.5. The molecule has 124 valence electrons. The summed E-state index contributed by atoms with van der Waals surface area (Å²) in [6.07, 6.45) is 6.09. The topological polar surface area (TPSA) is 35.6 Å². The molecular weight excluding hydrogens is 286 g/mol. The number of hydrogen-bond donors (Lipinski definition) is 1. The van der Waals surface area contributed by atoms with E-state index in [0.29, 0.717) is 6.54 Å². The quantitative estimate of drug-likeness (QED) is 0.903. The van der Waals surface area contributed by atoms with Crippen molar-refractivity contribution in [3.8, 4) is 0 Å². The van der Waals surface area contributed by atoms with Crippen LogP contribution in [0.4, 0.5) is 0 Å². The zero-order chi connectivity index (χ0) is 15.7. The van der Waals surface area contributed by atoms with Crippen LogP contribution >= 0.6 is 0 Å². The van der Waals surface area contributed by atoms with Gasteiger partial charge in [0.1, 0.15) is 0 Å². The van der Waals surface area contributed by atoms with Gasteiger partial charge in [-0.05, 0) is 37.7 Å². The van der Waals surface area contributed by atoms with Crippen molar-refractivity contribution >= 4 is 5.91 Å². The number of amides is 1. The molecule has 0 unspecified atom stereocenters. The molecule has 4 heteroatoms. The predicted octanol–water partition coefficient (Wildman–Crippen LogP) is 1.96. The maximum atomic E-state index is 12.6. The molecule has 3 fully saturated rings. The molecule has 1 heterocycles. The van der Waals surface area contributed by atoms with Gasteiger partial charge in [-0.2, -0.15) is 0 Å². The van der Waals surface area contributed by atoms with Crippen LogP contribution in [0, 0.1) is 0 Å². The fraction of sp³-hybridized carbons (Fsp3) is 0.632. The van der Waals surface area contributed by atoms with Gasteiger partial charge in [-0.25, -0.2) is 0 Å². The van der Waals surface area contributed by atoms with Crippen LogP contribution in [0.5, 0.6) is 0 Å². The first-order valence-corrected chi connectivity index (χ1v) is 9.08. The highest BCUT2D eigenvalue weighted by molar-refractivity contribution is 5.79. The third-order valence-corrected chi connectivity index (χ3v) is 5.75. The molecule has 2 saturated carbocycles. The largest absolute Gasteiger partial charge is 0.345 e. The van der Waals surface area contributed by atoms with E-state index in [4.69, 9.17) is 0 Å². The van der Waals surface area contributed by atoms with Crippen molar-refractivity contribution < 1.29 is 4.79 Å². The van der Waals surface area contributed by atoms with Crippen molar-refractivity contribution in [2.24, 2.45) is 0 Å². The minimum Gasteiger partial charge on any atom is -0.345 e. The van der Waals surface area contributed by atoms with Gasteiger partial charge in [-0.3, -0.25) is 14.6 Å². The van der Waals surface area contributed by atoms with Crippen molar-refractivity contribution in [3.63, 3.8) is 0 Å². The van der Waals surface area contributed by atoms with E-state index < -0.39 is 0 Å². The summed E-state index contributed by atoms with van der Waals surface area (Å²) < 4.78 is 0. The maximum Gasteiger partial charge on any atom is 0.234 e. The second kappa shape index (κ2) is 6.25. The monoisotopic (exact) mass is 313 g/mol. The Balaban J connectivity index is 1.31. The van der Waals surface area contributed by atoms with Crippen molar-refractivity contribution in [2.45, 2.75) is 43.7 Å². The molecule has 4 rings (SSSR count). The van der Waals surface area contributed by atoms with Gasteiger partial charge in [0.15, 0.2) is 0 Å². The SMILES string of the molecule is O=C(CN1CCN(C2CC2)CC1)NC1(c2ccccc2)CCC1. The number of benzene rings is 1. The normalized spacial score (nSPS) is 24.9. The van der Waals surface area contributed by atoms with Crippen LogP contribution in [0.25, 0.3) is 0 Å². The fourth-order valence-electron chi connectivity index (χ4n) is 4.01. The lowest BCUT2D eigenvalue weighted by atomic mass is 9.72. The number of carbonyl (C=O) groups is 1. The summed E-state index contributed by atoms with van der Waals surface area (Å²) in [7, 11) is 0. The average molecular weight is 313 g/mol. The molecule has 4 nitrogen and oxygen atoms in total. The molecular formula is C19H27N3O. The summed E-state index contributed by atoms with van der Waals surface area (Å²) in [5.74, 6) is 0.188. The van der Waals surface area contributed by atoms with E-state index >= 15 is 0 Å². The Bertz CT molecular complexity index is 543. The van der Waals surface area contributed by atoms with Crippen LogP contribution in [0.2, 0.25) is 0 Å². The average Bonchev–Trinajstić information content (AvgIpc) is 3.37. The molecule has 0 bridgehead atoms. The second-order valence-electron chi connectivity index (χ2n) is 7.39. The highest BCUT2D eigenvalue weighted by atomic mass is 16.2. The molecule has 1 amide bonds.